The summed E-state index contributed by atoms with van der Waals surface area (Å²) in [6.45, 7) is 2.29. The van der Waals surface area contributed by atoms with Crippen molar-refractivity contribution in [2.24, 2.45) is 10.7 Å². The highest BCUT2D eigenvalue weighted by atomic mass is 79.9. The van der Waals surface area contributed by atoms with E-state index in [9.17, 15) is 13.2 Å². The maximum absolute atomic E-state index is 12.8. The van der Waals surface area contributed by atoms with E-state index in [4.69, 9.17) is 5.73 Å². The summed E-state index contributed by atoms with van der Waals surface area (Å²) in [7, 11) is 0. The predicted octanol–water partition coefficient (Wildman–Crippen LogP) is 3.58. The summed E-state index contributed by atoms with van der Waals surface area (Å²) in [4.78, 5) is 3.90. The fraction of sp³-hybridized carbons (Fsp3) is 0.364. The number of nitrogens with zero attached hydrogens (tertiary/aromatic N) is 1. The van der Waals surface area contributed by atoms with Crippen LogP contribution in [-0.2, 0) is 6.18 Å². The molecule has 0 aromatic heterocycles. The van der Waals surface area contributed by atoms with Crippen LogP contribution in [0.25, 0.3) is 0 Å². The molecule has 17 heavy (non-hydrogen) atoms. The van der Waals surface area contributed by atoms with E-state index in [0.29, 0.717) is 11.0 Å². The lowest BCUT2D eigenvalue weighted by Gasteiger charge is -2.12. The van der Waals surface area contributed by atoms with Crippen molar-refractivity contribution >= 4 is 21.8 Å². The molecule has 0 saturated heterocycles. The van der Waals surface area contributed by atoms with Crippen molar-refractivity contribution in [1.29, 1.82) is 0 Å². The van der Waals surface area contributed by atoms with Crippen molar-refractivity contribution in [2.75, 3.05) is 6.54 Å². The van der Waals surface area contributed by atoms with Crippen molar-refractivity contribution in [2.45, 2.75) is 19.5 Å². The zero-order valence-corrected chi connectivity index (χ0v) is 10.8. The number of aliphatic imine (C=N–C) groups is 1. The lowest BCUT2D eigenvalue weighted by atomic mass is 10.1. The summed E-state index contributed by atoms with van der Waals surface area (Å²) in [6, 6.07) is 3.84. The van der Waals surface area contributed by atoms with Crippen LogP contribution in [0.4, 0.5) is 13.2 Å². The molecule has 0 spiro atoms. The number of hydrogen-bond acceptors (Lipinski definition) is 1. The van der Waals surface area contributed by atoms with Gasteiger partial charge < -0.3 is 5.73 Å². The van der Waals surface area contributed by atoms with E-state index in [1.165, 1.54) is 12.1 Å². The number of rotatable bonds is 3. The Morgan fingerprint density at radius 3 is 2.59 bits per heavy atom. The highest BCUT2D eigenvalue weighted by Gasteiger charge is 2.34. The van der Waals surface area contributed by atoms with Gasteiger partial charge in [0.1, 0.15) is 5.84 Å². The standard InChI is InChI=1S/C11H12BrF3N2/c1-2-5-17-10(16)8-4-3-7(12)6-9(8)11(13,14)15/h3-4,6H,2,5H2,1H3,(H2,16,17). The number of benzene rings is 1. The largest absolute Gasteiger partial charge is 0.417 e. The zero-order chi connectivity index (χ0) is 13.1. The third-order valence-corrected chi connectivity index (χ3v) is 2.56. The molecule has 2 nitrogen and oxygen atoms in total. The average molecular weight is 309 g/mol. The Morgan fingerprint density at radius 1 is 1.41 bits per heavy atom. The van der Waals surface area contributed by atoms with Gasteiger partial charge in [-0.05, 0) is 24.6 Å². The van der Waals surface area contributed by atoms with Crippen LogP contribution in [0.1, 0.15) is 24.5 Å². The Bertz CT molecular complexity index is 427. The van der Waals surface area contributed by atoms with Crippen LogP contribution in [0.15, 0.2) is 27.7 Å². The molecule has 0 radical (unpaired) electrons. The van der Waals surface area contributed by atoms with Gasteiger partial charge in [-0.15, -0.1) is 0 Å². The third-order valence-electron chi connectivity index (χ3n) is 2.07. The summed E-state index contributed by atoms with van der Waals surface area (Å²) in [5.74, 6) is -0.0772. The molecule has 0 aliphatic heterocycles. The van der Waals surface area contributed by atoms with Gasteiger partial charge in [0.25, 0.3) is 0 Å². The molecule has 1 rings (SSSR count). The average Bonchev–Trinajstić information content (AvgIpc) is 2.24. The minimum absolute atomic E-state index is 0.0749. The van der Waals surface area contributed by atoms with Crippen LogP contribution in [0, 0.1) is 0 Å². The Morgan fingerprint density at radius 2 is 2.06 bits per heavy atom. The Kier molecular flexibility index (Phi) is 4.56. The quantitative estimate of drug-likeness (QED) is 0.672. The molecule has 0 heterocycles. The molecule has 0 bridgehead atoms. The summed E-state index contributed by atoms with van der Waals surface area (Å²) in [5, 5.41) is 0. The Balaban J connectivity index is 3.24. The number of hydrogen-bond donors (Lipinski definition) is 1. The zero-order valence-electron chi connectivity index (χ0n) is 9.18. The number of nitrogens with two attached hydrogens (primary N) is 1. The lowest BCUT2D eigenvalue weighted by molar-refractivity contribution is -0.137. The first-order chi connectivity index (χ1) is 7.86. The summed E-state index contributed by atoms with van der Waals surface area (Å²) in [6.07, 6.45) is -3.70. The molecular weight excluding hydrogens is 297 g/mol. The number of halogens is 4. The third kappa shape index (κ3) is 3.73. The van der Waals surface area contributed by atoms with Crippen LogP contribution in [0.2, 0.25) is 0 Å². The summed E-state index contributed by atoms with van der Waals surface area (Å²) in [5.41, 5.74) is 4.71. The van der Waals surface area contributed by atoms with Crippen molar-refractivity contribution in [1.82, 2.24) is 0 Å². The molecule has 1 aromatic rings. The molecule has 0 aliphatic carbocycles. The molecule has 0 amide bonds. The summed E-state index contributed by atoms with van der Waals surface area (Å²) >= 11 is 3.01. The van der Waals surface area contributed by atoms with E-state index >= 15 is 0 Å². The predicted molar refractivity (Wildman–Crippen MR) is 65.0 cm³/mol. The van der Waals surface area contributed by atoms with E-state index in [-0.39, 0.29) is 11.4 Å². The van der Waals surface area contributed by atoms with Gasteiger partial charge >= 0.3 is 6.18 Å². The topological polar surface area (TPSA) is 38.4 Å². The second-order valence-corrected chi connectivity index (χ2v) is 4.37. The van der Waals surface area contributed by atoms with E-state index in [1.807, 2.05) is 6.92 Å². The second-order valence-electron chi connectivity index (χ2n) is 3.45. The van der Waals surface area contributed by atoms with Crippen LogP contribution in [0.5, 0.6) is 0 Å². The maximum atomic E-state index is 12.8. The van der Waals surface area contributed by atoms with Crippen LogP contribution < -0.4 is 5.73 Å². The van der Waals surface area contributed by atoms with Gasteiger partial charge in [-0.3, -0.25) is 4.99 Å². The van der Waals surface area contributed by atoms with Crippen molar-refractivity contribution in [3.05, 3.63) is 33.8 Å². The smallest absolute Gasteiger partial charge is 0.383 e. The molecule has 1 aromatic carbocycles. The maximum Gasteiger partial charge on any atom is 0.417 e. The normalized spacial score (nSPS) is 12.9. The molecule has 0 unspecified atom stereocenters. The first-order valence-corrected chi connectivity index (χ1v) is 5.82. The first kappa shape index (κ1) is 14.0. The highest BCUT2D eigenvalue weighted by molar-refractivity contribution is 9.10. The van der Waals surface area contributed by atoms with Crippen molar-refractivity contribution in [3.8, 4) is 0 Å². The van der Waals surface area contributed by atoms with Crippen molar-refractivity contribution < 1.29 is 13.2 Å². The monoisotopic (exact) mass is 308 g/mol. The van der Waals surface area contributed by atoms with E-state index < -0.39 is 11.7 Å². The van der Waals surface area contributed by atoms with Gasteiger partial charge in [-0.2, -0.15) is 13.2 Å². The van der Waals surface area contributed by atoms with Crippen molar-refractivity contribution in [3.63, 3.8) is 0 Å². The summed E-state index contributed by atoms with van der Waals surface area (Å²) < 4.78 is 38.7. The van der Waals surface area contributed by atoms with Gasteiger partial charge in [-0.1, -0.05) is 22.9 Å². The lowest BCUT2D eigenvalue weighted by Crippen LogP contribution is -2.20. The molecule has 6 heteroatoms. The van der Waals surface area contributed by atoms with Crippen LogP contribution in [0.3, 0.4) is 0 Å². The van der Waals surface area contributed by atoms with Gasteiger partial charge in [0.05, 0.1) is 5.56 Å². The van der Waals surface area contributed by atoms with Gasteiger partial charge in [-0.25, -0.2) is 0 Å². The minimum Gasteiger partial charge on any atom is -0.383 e. The molecule has 0 aliphatic rings. The molecule has 2 N–H and O–H groups in total. The van der Waals surface area contributed by atoms with E-state index in [2.05, 4.69) is 20.9 Å². The fourth-order valence-electron chi connectivity index (χ4n) is 1.29. The highest BCUT2D eigenvalue weighted by Crippen LogP contribution is 2.33. The second kappa shape index (κ2) is 5.53. The minimum atomic E-state index is -4.44. The fourth-order valence-corrected chi connectivity index (χ4v) is 1.65. The van der Waals surface area contributed by atoms with Gasteiger partial charge in [0.2, 0.25) is 0 Å². The molecule has 0 atom stereocenters. The van der Waals surface area contributed by atoms with E-state index in [1.54, 1.807) is 0 Å². The first-order valence-electron chi connectivity index (χ1n) is 5.03. The molecule has 0 saturated carbocycles. The van der Waals surface area contributed by atoms with Gasteiger partial charge in [0.15, 0.2) is 0 Å². The Hall–Kier alpha value is -1.04. The molecular formula is C11H12BrF3N2. The Labute approximate surface area is 106 Å². The van der Waals surface area contributed by atoms with Crippen LogP contribution in [-0.4, -0.2) is 12.4 Å². The van der Waals surface area contributed by atoms with E-state index in [0.717, 1.165) is 12.5 Å². The van der Waals surface area contributed by atoms with Crippen LogP contribution >= 0.6 is 15.9 Å². The molecule has 94 valence electrons. The number of alkyl halides is 3. The molecule has 0 fully saturated rings. The SMILES string of the molecule is CCCN=C(N)c1ccc(Br)cc1C(F)(F)F. The van der Waals surface area contributed by atoms with Gasteiger partial charge in [0, 0.05) is 16.6 Å². The number of amidine groups is 1.